The van der Waals surface area contributed by atoms with Crippen LogP contribution in [0, 0.1) is 5.92 Å². The molecule has 0 heterocycles. The summed E-state index contributed by atoms with van der Waals surface area (Å²) in [7, 11) is -0.623. The minimum atomic E-state index is -0.335. The third-order valence-electron chi connectivity index (χ3n) is 5.36. The second-order valence-electron chi connectivity index (χ2n) is 7.53. The molecule has 0 saturated heterocycles. The fourth-order valence-corrected chi connectivity index (χ4v) is 9.55. The average Bonchev–Trinajstić information content (AvgIpc) is 2.78. The van der Waals surface area contributed by atoms with Crippen molar-refractivity contribution >= 4 is 31.8 Å². The summed E-state index contributed by atoms with van der Waals surface area (Å²) in [6.45, 7) is 2.34. The summed E-state index contributed by atoms with van der Waals surface area (Å²) in [6, 6.07) is 33.4. The summed E-state index contributed by atoms with van der Waals surface area (Å²) >= 11 is 0. The molecule has 0 aromatic heterocycles. The van der Waals surface area contributed by atoms with Gasteiger partial charge < -0.3 is 0 Å². The highest BCUT2D eigenvalue weighted by molar-refractivity contribution is 7.75. The fourth-order valence-electron chi connectivity index (χ4n) is 3.89. The average molecular weight is 414 g/mol. The van der Waals surface area contributed by atoms with Gasteiger partial charge in [-0.1, -0.05) is 116 Å². The van der Waals surface area contributed by atoms with Crippen molar-refractivity contribution in [3.8, 4) is 0 Å². The summed E-state index contributed by atoms with van der Waals surface area (Å²) in [5, 5.41) is 6.15. The first-order valence-electron chi connectivity index (χ1n) is 10.4. The lowest BCUT2D eigenvalue weighted by molar-refractivity contribution is 0.728. The van der Waals surface area contributed by atoms with E-state index in [1.54, 1.807) is 5.31 Å². The summed E-state index contributed by atoms with van der Waals surface area (Å²) in [4.78, 5) is 0. The van der Waals surface area contributed by atoms with Crippen LogP contribution in [-0.2, 0) is 0 Å². The van der Waals surface area contributed by atoms with Crippen molar-refractivity contribution in [1.29, 1.82) is 0 Å². The Morgan fingerprint density at radius 1 is 0.655 bits per heavy atom. The van der Waals surface area contributed by atoms with Gasteiger partial charge in [0.15, 0.2) is 0 Å². The molecule has 29 heavy (non-hydrogen) atoms. The highest BCUT2D eigenvalue weighted by Gasteiger charge is 2.22. The molecule has 1 aliphatic carbocycles. The Bertz CT molecular complexity index is 906. The molecule has 0 amide bonds. The highest BCUT2D eigenvalue weighted by Crippen LogP contribution is 2.50. The van der Waals surface area contributed by atoms with Gasteiger partial charge in [0, 0.05) is 0 Å². The summed E-state index contributed by atoms with van der Waals surface area (Å²) in [5.74, 6) is 0.647. The lowest BCUT2D eigenvalue weighted by Gasteiger charge is -2.27. The van der Waals surface area contributed by atoms with E-state index in [2.05, 4.69) is 116 Å². The molecule has 1 aliphatic rings. The standard InChI is InChI=1S/C27H28P2/c1-23-12-11-19-27(22-23)29(26-17-9-4-10-18-26)21-20-28(24-13-5-2-6-14-24)25-15-7-3-8-16-25/h2-19,23H,20-22H2,1H3. The molecule has 0 radical (unpaired) electrons. The fraction of sp³-hybridized carbons (Fsp3) is 0.185. The quantitative estimate of drug-likeness (QED) is 0.392. The summed E-state index contributed by atoms with van der Waals surface area (Å²) in [6.07, 6.45) is 10.7. The molecule has 0 aliphatic heterocycles. The van der Waals surface area contributed by atoms with E-state index in [-0.39, 0.29) is 15.8 Å². The van der Waals surface area contributed by atoms with Crippen LogP contribution in [0.15, 0.2) is 115 Å². The summed E-state index contributed by atoms with van der Waals surface area (Å²) in [5.41, 5.74) is 0. The van der Waals surface area contributed by atoms with Gasteiger partial charge >= 0.3 is 0 Å². The van der Waals surface area contributed by atoms with Crippen LogP contribution in [0.2, 0.25) is 0 Å². The molecule has 2 heteroatoms. The van der Waals surface area contributed by atoms with Gasteiger partial charge in [0.1, 0.15) is 0 Å². The number of allylic oxidation sites excluding steroid dienone is 4. The van der Waals surface area contributed by atoms with Crippen LogP contribution < -0.4 is 15.9 Å². The second kappa shape index (κ2) is 10.2. The van der Waals surface area contributed by atoms with Crippen molar-refractivity contribution in [1.82, 2.24) is 0 Å². The van der Waals surface area contributed by atoms with Crippen molar-refractivity contribution in [3.63, 3.8) is 0 Å². The summed E-state index contributed by atoms with van der Waals surface area (Å²) < 4.78 is 0. The molecule has 0 nitrogen and oxygen atoms in total. The predicted octanol–water partition coefficient (Wildman–Crippen LogP) is 6.41. The number of hydrogen-bond donors (Lipinski definition) is 0. The topological polar surface area (TPSA) is 0 Å². The van der Waals surface area contributed by atoms with Crippen molar-refractivity contribution in [3.05, 3.63) is 115 Å². The maximum Gasteiger partial charge on any atom is -0.0195 e. The van der Waals surface area contributed by atoms with E-state index in [0.717, 1.165) is 0 Å². The molecule has 2 unspecified atom stereocenters. The zero-order valence-corrected chi connectivity index (χ0v) is 18.8. The first-order chi connectivity index (χ1) is 14.3. The minimum absolute atomic E-state index is 0.288. The molecule has 2 atom stereocenters. The SMILES string of the molecule is CC1C=CC=C(P(CCP(c2ccccc2)c2ccccc2)c2ccccc2)C1. The first kappa shape index (κ1) is 20.3. The van der Waals surface area contributed by atoms with Gasteiger partial charge in [-0.15, -0.1) is 0 Å². The molecule has 0 N–H and O–H groups in total. The molecule has 0 fully saturated rings. The van der Waals surface area contributed by atoms with Gasteiger partial charge in [0.05, 0.1) is 0 Å². The van der Waals surface area contributed by atoms with E-state index in [1.807, 2.05) is 0 Å². The van der Waals surface area contributed by atoms with Crippen LogP contribution >= 0.6 is 15.8 Å². The van der Waals surface area contributed by atoms with Crippen molar-refractivity contribution in [2.45, 2.75) is 13.3 Å². The first-order valence-corrected chi connectivity index (χ1v) is 13.4. The lowest BCUT2D eigenvalue weighted by Crippen LogP contribution is -2.17. The van der Waals surface area contributed by atoms with E-state index in [0.29, 0.717) is 5.92 Å². The Balaban J connectivity index is 1.62. The zero-order chi connectivity index (χ0) is 19.9. The molecule has 146 valence electrons. The van der Waals surface area contributed by atoms with E-state index >= 15 is 0 Å². The van der Waals surface area contributed by atoms with Crippen molar-refractivity contribution in [2.24, 2.45) is 5.92 Å². The van der Waals surface area contributed by atoms with Crippen LogP contribution in [0.5, 0.6) is 0 Å². The van der Waals surface area contributed by atoms with Crippen LogP contribution in [-0.4, -0.2) is 12.3 Å². The van der Waals surface area contributed by atoms with Crippen molar-refractivity contribution in [2.75, 3.05) is 12.3 Å². The number of benzene rings is 3. The second-order valence-corrected chi connectivity index (χ2v) is 12.3. The van der Waals surface area contributed by atoms with Crippen molar-refractivity contribution < 1.29 is 0 Å². The number of rotatable bonds is 7. The molecular formula is C27H28P2. The highest BCUT2D eigenvalue weighted by atomic mass is 31.1. The van der Waals surface area contributed by atoms with Crippen LogP contribution in [0.3, 0.4) is 0 Å². The van der Waals surface area contributed by atoms with Gasteiger partial charge in [-0.25, -0.2) is 0 Å². The molecular weight excluding hydrogens is 386 g/mol. The Hall–Kier alpha value is -2.00. The van der Waals surface area contributed by atoms with E-state index in [4.69, 9.17) is 0 Å². The monoisotopic (exact) mass is 414 g/mol. The molecule has 0 bridgehead atoms. The Morgan fingerprint density at radius 3 is 1.59 bits per heavy atom. The Morgan fingerprint density at radius 2 is 1.10 bits per heavy atom. The van der Waals surface area contributed by atoms with Gasteiger partial charge in [-0.3, -0.25) is 0 Å². The van der Waals surface area contributed by atoms with Gasteiger partial charge in [-0.2, -0.15) is 0 Å². The molecule has 3 aromatic rings. The smallest absolute Gasteiger partial charge is 0.0195 e. The van der Waals surface area contributed by atoms with Gasteiger partial charge in [0.25, 0.3) is 0 Å². The van der Waals surface area contributed by atoms with Gasteiger partial charge in [0.2, 0.25) is 0 Å². The Labute approximate surface area is 177 Å². The molecule has 4 rings (SSSR count). The minimum Gasteiger partial charge on any atom is -0.0814 e. The lowest BCUT2D eigenvalue weighted by atomic mass is 10.0. The number of hydrogen-bond acceptors (Lipinski definition) is 0. The van der Waals surface area contributed by atoms with Gasteiger partial charge in [-0.05, 0) is 61.7 Å². The Kier molecular flexibility index (Phi) is 7.10. The van der Waals surface area contributed by atoms with Crippen LogP contribution in [0.4, 0.5) is 0 Å². The predicted molar refractivity (Wildman–Crippen MR) is 133 cm³/mol. The molecule has 0 spiro atoms. The maximum absolute atomic E-state index is 2.39. The molecule has 3 aromatic carbocycles. The van der Waals surface area contributed by atoms with E-state index in [9.17, 15) is 0 Å². The maximum atomic E-state index is 2.39. The van der Waals surface area contributed by atoms with E-state index in [1.165, 1.54) is 34.7 Å². The third kappa shape index (κ3) is 5.33. The van der Waals surface area contributed by atoms with Crippen LogP contribution in [0.25, 0.3) is 0 Å². The largest absolute Gasteiger partial charge is 0.0814 e. The zero-order valence-electron chi connectivity index (χ0n) is 17.0. The third-order valence-corrected chi connectivity index (χ3v) is 10.8. The molecule has 0 saturated carbocycles. The van der Waals surface area contributed by atoms with Crippen LogP contribution in [0.1, 0.15) is 13.3 Å². The van der Waals surface area contributed by atoms with E-state index < -0.39 is 0 Å². The normalized spacial score (nSPS) is 17.2.